The minimum absolute atomic E-state index is 0.132. The average molecular weight is 394 g/mol. The first kappa shape index (κ1) is 19.8. The van der Waals surface area contributed by atoms with Crippen molar-refractivity contribution in [2.45, 2.75) is 18.2 Å². The molecule has 0 aliphatic heterocycles. The van der Waals surface area contributed by atoms with Crippen LogP contribution in [0.3, 0.4) is 0 Å². The van der Waals surface area contributed by atoms with Gasteiger partial charge in [0.15, 0.2) is 0 Å². The Morgan fingerprint density at radius 1 is 0.857 bits per heavy atom. The lowest BCUT2D eigenvalue weighted by Crippen LogP contribution is -2.26. The number of sulfonamides is 1. The first-order valence-electron chi connectivity index (χ1n) is 8.96. The van der Waals surface area contributed by atoms with Crippen molar-refractivity contribution >= 4 is 21.6 Å². The van der Waals surface area contributed by atoms with Gasteiger partial charge in [-0.15, -0.1) is 0 Å². The molecule has 5 nitrogen and oxygen atoms in total. The Morgan fingerprint density at radius 2 is 1.50 bits per heavy atom. The lowest BCUT2D eigenvalue weighted by molar-refractivity contribution is 0.102. The summed E-state index contributed by atoms with van der Waals surface area (Å²) in [6.07, 6.45) is 0.608. The second-order valence-electron chi connectivity index (χ2n) is 6.48. The smallest absolute Gasteiger partial charge is 0.255 e. The molecule has 0 saturated carbocycles. The normalized spacial score (nSPS) is 11.2. The molecule has 3 rings (SSSR count). The van der Waals surface area contributed by atoms with E-state index in [9.17, 15) is 13.2 Å². The first-order chi connectivity index (χ1) is 13.4. The largest absolute Gasteiger partial charge is 0.322 e. The summed E-state index contributed by atoms with van der Waals surface area (Å²) in [5.41, 5.74) is 3.25. The fourth-order valence-electron chi connectivity index (χ4n) is 2.68. The van der Waals surface area contributed by atoms with Gasteiger partial charge in [0.1, 0.15) is 0 Å². The molecule has 2 N–H and O–H groups in total. The number of amides is 1. The number of carbonyl (C=O) groups is 1. The molecule has 3 aromatic rings. The van der Waals surface area contributed by atoms with Crippen LogP contribution in [0.1, 0.15) is 21.5 Å². The Morgan fingerprint density at radius 3 is 2.14 bits per heavy atom. The molecule has 0 aliphatic rings. The van der Waals surface area contributed by atoms with Gasteiger partial charge in [0.2, 0.25) is 10.0 Å². The van der Waals surface area contributed by atoms with E-state index in [2.05, 4.69) is 10.0 Å². The third-order valence-corrected chi connectivity index (χ3v) is 5.76. The van der Waals surface area contributed by atoms with Crippen LogP contribution in [0.15, 0.2) is 83.8 Å². The molecule has 144 valence electrons. The zero-order chi connectivity index (χ0) is 20.0. The van der Waals surface area contributed by atoms with Crippen molar-refractivity contribution in [2.75, 3.05) is 11.9 Å². The number of hydrogen-bond donors (Lipinski definition) is 2. The molecule has 6 heteroatoms. The molecule has 0 heterocycles. The second kappa shape index (κ2) is 8.82. The second-order valence-corrected chi connectivity index (χ2v) is 8.24. The third kappa shape index (κ3) is 5.28. The summed E-state index contributed by atoms with van der Waals surface area (Å²) in [5, 5.41) is 2.79. The van der Waals surface area contributed by atoms with Gasteiger partial charge in [-0.3, -0.25) is 4.79 Å². The maximum Gasteiger partial charge on any atom is 0.255 e. The van der Waals surface area contributed by atoms with Crippen LogP contribution in [0, 0.1) is 6.92 Å². The Balaban J connectivity index is 1.60. The fraction of sp³-hybridized carbons (Fsp3) is 0.136. The Kier molecular flexibility index (Phi) is 6.23. The Labute approximate surface area is 165 Å². The van der Waals surface area contributed by atoms with E-state index in [1.807, 2.05) is 61.5 Å². The maximum atomic E-state index is 12.4. The van der Waals surface area contributed by atoms with Crippen LogP contribution in [0.25, 0.3) is 0 Å². The quantitative estimate of drug-likeness (QED) is 0.641. The first-order valence-corrected chi connectivity index (χ1v) is 10.4. The van der Waals surface area contributed by atoms with Crippen molar-refractivity contribution in [1.82, 2.24) is 4.72 Å². The Hall–Kier alpha value is -2.96. The van der Waals surface area contributed by atoms with Gasteiger partial charge in [-0.25, -0.2) is 13.1 Å². The number of hydrogen-bond acceptors (Lipinski definition) is 3. The van der Waals surface area contributed by atoms with Crippen molar-refractivity contribution < 1.29 is 13.2 Å². The number of benzene rings is 3. The molecule has 0 atom stereocenters. The molecule has 3 aromatic carbocycles. The minimum atomic E-state index is -3.62. The van der Waals surface area contributed by atoms with Crippen molar-refractivity contribution in [1.29, 1.82) is 0 Å². The molecule has 0 spiro atoms. The summed E-state index contributed by atoms with van der Waals surface area (Å²) in [6.45, 7) is 2.28. The molecule has 0 radical (unpaired) electrons. The highest BCUT2D eigenvalue weighted by Crippen LogP contribution is 2.14. The number of anilines is 1. The predicted octanol–water partition coefficient (Wildman–Crippen LogP) is 3.77. The van der Waals surface area contributed by atoms with Crippen LogP contribution < -0.4 is 10.0 Å². The Bertz CT molecular complexity index is 1030. The fourth-order valence-corrected chi connectivity index (χ4v) is 3.72. The van der Waals surface area contributed by atoms with Crippen LogP contribution in [-0.4, -0.2) is 20.9 Å². The minimum Gasteiger partial charge on any atom is -0.322 e. The topological polar surface area (TPSA) is 75.3 Å². The van der Waals surface area contributed by atoms with Crippen molar-refractivity contribution in [3.63, 3.8) is 0 Å². The van der Waals surface area contributed by atoms with Crippen LogP contribution >= 0.6 is 0 Å². The lowest BCUT2D eigenvalue weighted by atomic mass is 10.2. The standard InChI is InChI=1S/C22H22N2O3S/c1-17-7-11-20(12-8-17)24-22(25)19-9-13-21(14-10-19)28(26,27)23-16-15-18-5-3-2-4-6-18/h2-14,23H,15-16H2,1H3,(H,24,25). The van der Waals surface area contributed by atoms with Gasteiger partial charge in [-0.1, -0.05) is 48.0 Å². The molecule has 0 saturated heterocycles. The van der Waals surface area contributed by atoms with Crippen LogP contribution in [-0.2, 0) is 16.4 Å². The van der Waals surface area contributed by atoms with Gasteiger partial charge < -0.3 is 5.32 Å². The maximum absolute atomic E-state index is 12.4. The molecule has 0 unspecified atom stereocenters. The molecule has 1 amide bonds. The highest BCUT2D eigenvalue weighted by molar-refractivity contribution is 7.89. The van der Waals surface area contributed by atoms with E-state index in [4.69, 9.17) is 0 Å². The van der Waals surface area contributed by atoms with E-state index in [0.29, 0.717) is 24.2 Å². The van der Waals surface area contributed by atoms with E-state index < -0.39 is 10.0 Å². The molecule has 0 bridgehead atoms. The van der Waals surface area contributed by atoms with E-state index in [1.54, 1.807) is 0 Å². The highest BCUT2D eigenvalue weighted by Gasteiger charge is 2.14. The zero-order valence-corrected chi connectivity index (χ0v) is 16.4. The van der Waals surface area contributed by atoms with Crippen molar-refractivity contribution in [3.8, 4) is 0 Å². The monoisotopic (exact) mass is 394 g/mol. The summed E-state index contributed by atoms with van der Waals surface area (Å²) < 4.78 is 27.4. The number of aryl methyl sites for hydroxylation is 1. The summed E-state index contributed by atoms with van der Waals surface area (Å²) in [5.74, 6) is -0.287. The number of carbonyl (C=O) groups excluding carboxylic acids is 1. The van der Waals surface area contributed by atoms with Crippen molar-refractivity contribution in [2.24, 2.45) is 0 Å². The van der Waals surface area contributed by atoms with Crippen LogP contribution in [0.4, 0.5) is 5.69 Å². The lowest BCUT2D eigenvalue weighted by Gasteiger charge is -2.09. The highest BCUT2D eigenvalue weighted by atomic mass is 32.2. The number of rotatable bonds is 7. The summed E-state index contributed by atoms with van der Waals surface area (Å²) >= 11 is 0. The van der Waals surface area contributed by atoms with Crippen LogP contribution in [0.2, 0.25) is 0 Å². The van der Waals surface area contributed by atoms with Gasteiger partial charge in [0.25, 0.3) is 5.91 Å². The molecular formula is C22H22N2O3S. The molecule has 0 aliphatic carbocycles. The SMILES string of the molecule is Cc1ccc(NC(=O)c2ccc(S(=O)(=O)NCCc3ccccc3)cc2)cc1. The van der Waals surface area contributed by atoms with Gasteiger partial charge >= 0.3 is 0 Å². The van der Waals surface area contributed by atoms with Crippen molar-refractivity contribution in [3.05, 3.63) is 95.6 Å². The van der Waals surface area contributed by atoms with Gasteiger partial charge in [0.05, 0.1) is 4.90 Å². The average Bonchev–Trinajstić information content (AvgIpc) is 2.70. The van der Waals surface area contributed by atoms with Gasteiger partial charge in [0, 0.05) is 17.8 Å². The molecule has 28 heavy (non-hydrogen) atoms. The predicted molar refractivity (Wildman–Crippen MR) is 111 cm³/mol. The summed E-state index contributed by atoms with van der Waals surface area (Å²) in [7, 11) is -3.62. The zero-order valence-electron chi connectivity index (χ0n) is 15.6. The third-order valence-electron chi connectivity index (χ3n) is 4.28. The van der Waals surface area contributed by atoms with Crippen LogP contribution in [0.5, 0.6) is 0 Å². The van der Waals surface area contributed by atoms with Gasteiger partial charge in [-0.05, 0) is 55.3 Å². The summed E-state index contributed by atoms with van der Waals surface area (Å²) in [6, 6.07) is 23.0. The molecule has 0 aromatic heterocycles. The van der Waals surface area contributed by atoms with E-state index >= 15 is 0 Å². The van der Waals surface area contributed by atoms with E-state index in [0.717, 1.165) is 11.1 Å². The van der Waals surface area contributed by atoms with E-state index in [-0.39, 0.29) is 10.8 Å². The molecule has 0 fully saturated rings. The van der Waals surface area contributed by atoms with E-state index in [1.165, 1.54) is 24.3 Å². The van der Waals surface area contributed by atoms with Gasteiger partial charge in [-0.2, -0.15) is 0 Å². The number of nitrogens with one attached hydrogen (secondary N) is 2. The summed E-state index contributed by atoms with van der Waals surface area (Å²) in [4.78, 5) is 12.4. The molecular weight excluding hydrogens is 372 g/mol.